The first-order chi connectivity index (χ1) is 23.2. The average Bonchev–Trinajstić information content (AvgIpc) is 3.49. The Kier molecular flexibility index (Phi) is 11.5. The predicted molar refractivity (Wildman–Crippen MR) is 187 cm³/mol. The third kappa shape index (κ3) is 7.57. The van der Waals surface area contributed by atoms with Gasteiger partial charge >= 0.3 is 0 Å². The summed E-state index contributed by atoms with van der Waals surface area (Å²) in [6.07, 6.45) is 3.08. The van der Waals surface area contributed by atoms with Gasteiger partial charge in [0.2, 0.25) is 0 Å². The molecule has 0 bridgehead atoms. The number of anilines is 1. The number of aromatic hydroxyl groups is 1. The van der Waals surface area contributed by atoms with Crippen LogP contribution in [0, 0.1) is 6.92 Å². The Bertz CT molecular complexity index is 1750. The number of aromatic nitrogens is 2. The molecule has 10 nitrogen and oxygen atoms in total. The number of benzene rings is 3. The van der Waals surface area contributed by atoms with Crippen LogP contribution in [0.2, 0.25) is 5.02 Å². The highest BCUT2D eigenvalue weighted by Gasteiger charge is 2.33. The smallest absolute Gasteiger partial charge is 0.274 e. The van der Waals surface area contributed by atoms with Gasteiger partial charge in [0, 0.05) is 42.6 Å². The van der Waals surface area contributed by atoms with Gasteiger partial charge in [0.15, 0.2) is 5.69 Å². The Hall–Kier alpha value is -4.22. The number of hydrogen-bond donors (Lipinski definition) is 4. The van der Waals surface area contributed by atoms with E-state index in [0.717, 1.165) is 36.8 Å². The van der Waals surface area contributed by atoms with Gasteiger partial charge in [0.05, 0.1) is 22.9 Å². The molecule has 0 radical (unpaired) electrons. The third-order valence-corrected chi connectivity index (χ3v) is 9.21. The van der Waals surface area contributed by atoms with Gasteiger partial charge in [-0.15, -0.1) is 0 Å². The molecule has 0 aliphatic carbocycles. The summed E-state index contributed by atoms with van der Waals surface area (Å²) in [5.74, 6) is -1.05. The number of amides is 2. The molecule has 0 spiro atoms. The van der Waals surface area contributed by atoms with Crippen molar-refractivity contribution in [3.05, 3.63) is 105 Å². The molecule has 0 saturated heterocycles. The fraction of sp³-hybridized carbons (Fsp3) is 0.378. The number of unbranched alkanes of at least 4 members (excludes halogenated alkanes) is 2. The molecule has 4 N–H and O–H groups in total. The number of aliphatic hydroxyl groups excluding tert-OH is 2. The molecule has 4 aromatic rings. The first-order valence-corrected chi connectivity index (χ1v) is 16.9. The molecule has 0 saturated carbocycles. The predicted octanol–water partition coefficient (Wildman–Crippen LogP) is 6.24. The number of phenolic OH excluding ortho intramolecular Hbond substituents is 1. The normalized spacial score (nSPS) is 15.2. The zero-order valence-corrected chi connectivity index (χ0v) is 28.5. The van der Waals surface area contributed by atoms with Crippen LogP contribution < -0.4 is 5.32 Å². The molecule has 2 atom stereocenters. The lowest BCUT2D eigenvalue weighted by Crippen LogP contribution is -2.45. The second kappa shape index (κ2) is 15.8. The highest BCUT2D eigenvalue weighted by atomic mass is 35.5. The van der Waals surface area contributed by atoms with Crippen molar-refractivity contribution in [1.82, 2.24) is 19.6 Å². The van der Waals surface area contributed by atoms with Crippen molar-refractivity contribution in [2.24, 2.45) is 0 Å². The number of rotatable bonds is 13. The van der Waals surface area contributed by atoms with Crippen molar-refractivity contribution in [2.75, 3.05) is 25.0 Å². The van der Waals surface area contributed by atoms with Gasteiger partial charge in [-0.25, -0.2) is 4.68 Å². The van der Waals surface area contributed by atoms with Crippen molar-refractivity contribution in [2.45, 2.75) is 71.7 Å². The zero-order chi connectivity index (χ0) is 34.4. The zero-order valence-electron chi connectivity index (χ0n) is 27.7. The highest BCUT2D eigenvalue weighted by Crippen LogP contribution is 2.35. The Morgan fingerprint density at radius 3 is 2.42 bits per heavy atom. The lowest BCUT2D eigenvalue weighted by Gasteiger charge is -2.39. The van der Waals surface area contributed by atoms with Crippen molar-refractivity contribution >= 4 is 29.1 Å². The molecule has 11 heteroatoms. The molecule has 3 aromatic carbocycles. The van der Waals surface area contributed by atoms with Crippen LogP contribution in [-0.4, -0.2) is 72.5 Å². The summed E-state index contributed by atoms with van der Waals surface area (Å²) in [6.45, 7) is 7.58. The molecule has 2 amide bonds. The monoisotopic (exact) mass is 673 g/mol. The number of halogens is 1. The highest BCUT2D eigenvalue weighted by molar-refractivity contribution is 6.32. The van der Waals surface area contributed by atoms with Gasteiger partial charge < -0.3 is 25.5 Å². The van der Waals surface area contributed by atoms with Crippen LogP contribution in [0.4, 0.5) is 5.69 Å². The van der Waals surface area contributed by atoms with Crippen LogP contribution in [0.25, 0.3) is 5.69 Å². The molecule has 1 aromatic heterocycles. The van der Waals surface area contributed by atoms with E-state index in [1.54, 1.807) is 35.0 Å². The maximum atomic E-state index is 13.7. The SMILES string of the molecule is CCCCN(CCCC)C(=O)c1cc(C)n(-c2ccc(NC(=O)c3cccc(Cl)c3O)cc2C(O)N2Cc3ccccc3CC2CO)n1. The molecular formula is C37H44ClN5O5. The molecule has 5 rings (SSSR count). The van der Waals surface area contributed by atoms with E-state index in [9.17, 15) is 24.9 Å². The third-order valence-electron chi connectivity index (χ3n) is 8.90. The number of aliphatic hydroxyl groups is 2. The number of fused-ring (bicyclic) bond motifs is 1. The number of carbonyl (C=O) groups is 2. The molecule has 1 aliphatic rings. The molecule has 1 aliphatic heterocycles. The minimum Gasteiger partial charge on any atom is -0.506 e. The van der Waals surface area contributed by atoms with E-state index >= 15 is 0 Å². The van der Waals surface area contributed by atoms with E-state index in [1.165, 1.54) is 12.1 Å². The molecule has 2 unspecified atom stereocenters. The van der Waals surface area contributed by atoms with E-state index in [-0.39, 0.29) is 34.9 Å². The van der Waals surface area contributed by atoms with Crippen LogP contribution >= 0.6 is 11.6 Å². The maximum Gasteiger partial charge on any atom is 0.274 e. The van der Waals surface area contributed by atoms with Crippen molar-refractivity contribution in [1.29, 1.82) is 0 Å². The quantitative estimate of drug-likeness (QED) is 0.132. The van der Waals surface area contributed by atoms with E-state index in [0.29, 0.717) is 54.4 Å². The standard InChI is InChI=1S/C37H44ClN5O5/c1-4-6-17-41(18-7-5-2)37(48)32-19-24(3)43(40-32)33-16-15-27(39-35(46)29-13-10-14-31(38)34(29)45)21-30(33)36(47)42-22-26-12-9-8-11-25(26)20-28(42)23-44/h8-16,19,21,28,36,44-45,47H,4-7,17-18,20,22-23H2,1-3H3,(H,39,46). The van der Waals surface area contributed by atoms with E-state index in [4.69, 9.17) is 16.7 Å². The number of hydrogen-bond acceptors (Lipinski definition) is 7. The number of para-hydroxylation sites is 1. The van der Waals surface area contributed by atoms with Gasteiger partial charge in [-0.2, -0.15) is 5.10 Å². The molecule has 2 heterocycles. The van der Waals surface area contributed by atoms with Crippen LogP contribution in [0.15, 0.2) is 66.7 Å². The fourth-order valence-corrected chi connectivity index (χ4v) is 6.34. The number of carbonyl (C=O) groups excluding carboxylic acids is 2. The number of nitrogens with zero attached hydrogens (tertiary/aromatic N) is 4. The number of phenols is 1. The second-order valence-electron chi connectivity index (χ2n) is 12.3. The lowest BCUT2D eigenvalue weighted by molar-refractivity contribution is -0.0529. The molecule has 0 fully saturated rings. The Morgan fingerprint density at radius 1 is 1.02 bits per heavy atom. The summed E-state index contributed by atoms with van der Waals surface area (Å²) in [4.78, 5) is 30.6. The summed E-state index contributed by atoms with van der Waals surface area (Å²) in [6, 6.07) is 18.9. The van der Waals surface area contributed by atoms with Crippen molar-refractivity contribution in [3.8, 4) is 11.4 Å². The summed E-state index contributed by atoms with van der Waals surface area (Å²) in [5, 5.41) is 40.5. The Morgan fingerprint density at radius 2 is 1.73 bits per heavy atom. The van der Waals surface area contributed by atoms with E-state index < -0.39 is 12.1 Å². The number of aryl methyl sites for hydroxylation is 1. The topological polar surface area (TPSA) is 131 Å². The summed E-state index contributed by atoms with van der Waals surface area (Å²) < 4.78 is 1.64. The molecule has 48 heavy (non-hydrogen) atoms. The summed E-state index contributed by atoms with van der Waals surface area (Å²) in [7, 11) is 0. The first-order valence-electron chi connectivity index (χ1n) is 16.6. The van der Waals surface area contributed by atoms with Gasteiger partial charge in [0.25, 0.3) is 11.8 Å². The van der Waals surface area contributed by atoms with Crippen LogP contribution in [0.3, 0.4) is 0 Å². The minimum atomic E-state index is -1.21. The Labute approximate surface area is 286 Å². The van der Waals surface area contributed by atoms with Gasteiger partial charge in [-0.1, -0.05) is 68.6 Å². The van der Waals surface area contributed by atoms with Gasteiger partial charge in [-0.05, 0) is 73.7 Å². The van der Waals surface area contributed by atoms with Gasteiger partial charge in [-0.3, -0.25) is 14.5 Å². The lowest BCUT2D eigenvalue weighted by atomic mass is 9.93. The maximum absolute atomic E-state index is 13.7. The average molecular weight is 674 g/mol. The largest absolute Gasteiger partial charge is 0.506 e. The Balaban J connectivity index is 1.55. The second-order valence-corrected chi connectivity index (χ2v) is 12.7. The molecule has 254 valence electrons. The summed E-state index contributed by atoms with van der Waals surface area (Å²) in [5.41, 5.74) is 4.47. The minimum absolute atomic E-state index is 0.00318. The number of nitrogens with one attached hydrogen (secondary N) is 1. The molecular weight excluding hydrogens is 630 g/mol. The van der Waals surface area contributed by atoms with E-state index in [2.05, 4.69) is 19.2 Å². The van der Waals surface area contributed by atoms with E-state index in [1.807, 2.05) is 41.0 Å². The van der Waals surface area contributed by atoms with Gasteiger partial charge in [0.1, 0.15) is 12.0 Å². The van der Waals surface area contributed by atoms with Crippen LogP contribution in [-0.2, 0) is 13.0 Å². The first kappa shape index (κ1) is 35.1. The van der Waals surface area contributed by atoms with Crippen molar-refractivity contribution in [3.63, 3.8) is 0 Å². The van der Waals surface area contributed by atoms with Crippen LogP contribution in [0.5, 0.6) is 5.75 Å². The van der Waals surface area contributed by atoms with Crippen molar-refractivity contribution < 1.29 is 24.9 Å². The summed E-state index contributed by atoms with van der Waals surface area (Å²) >= 11 is 6.05. The van der Waals surface area contributed by atoms with Crippen LogP contribution in [0.1, 0.15) is 89.0 Å². The fourth-order valence-electron chi connectivity index (χ4n) is 6.17.